The normalized spacial score (nSPS) is 15.2. The number of rotatable bonds is 5. The van der Waals surface area contributed by atoms with E-state index in [-0.39, 0.29) is 17.4 Å². The molecule has 0 unspecified atom stereocenters. The van der Waals surface area contributed by atoms with Crippen LogP contribution < -0.4 is 4.90 Å². The molecule has 0 radical (unpaired) electrons. The zero-order valence-corrected chi connectivity index (χ0v) is 19.3. The molecule has 0 bridgehead atoms. The largest absolute Gasteiger partial charge is 0.455 e. The Morgan fingerprint density at radius 3 is 2.52 bits per heavy atom. The molecule has 3 aromatic rings. The molecule has 31 heavy (non-hydrogen) atoms. The molecule has 2 aromatic carbocycles. The first-order chi connectivity index (χ1) is 14.9. The van der Waals surface area contributed by atoms with Crippen molar-refractivity contribution in [2.24, 2.45) is 0 Å². The quantitative estimate of drug-likeness (QED) is 0.509. The summed E-state index contributed by atoms with van der Waals surface area (Å²) >= 11 is 12.3. The van der Waals surface area contributed by atoms with Gasteiger partial charge in [0.2, 0.25) is 0 Å². The molecule has 1 fully saturated rings. The number of hydrogen-bond acceptors (Lipinski definition) is 4. The molecule has 5 nitrogen and oxygen atoms in total. The summed E-state index contributed by atoms with van der Waals surface area (Å²) in [6, 6.07) is 16.2. The zero-order valence-electron chi connectivity index (χ0n) is 17.0. The molecule has 162 valence electrons. The van der Waals surface area contributed by atoms with E-state index in [4.69, 9.17) is 27.6 Å². The number of aryl methyl sites for hydroxylation is 1. The number of carbonyl (C=O) groups is 1. The van der Waals surface area contributed by atoms with Gasteiger partial charge in [-0.3, -0.25) is 9.00 Å². The van der Waals surface area contributed by atoms with Gasteiger partial charge in [0, 0.05) is 36.9 Å². The maximum absolute atomic E-state index is 12.9. The van der Waals surface area contributed by atoms with Crippen LogP contribution in [0.2, 0.25) is 10.0 Å². The Balaban J connectivity index is 1.38. The minimum atomic E-state index is -1.35. The number of benzene rings is 2. The standard InChI is InChI=1S/C23H22Cl2N2O3S/c1-16-6-7-17(24)14-20(16)26-10-12-27(13-11-26)23(28)21-9-8-18(30-21)15-31(29)22-5-3-2-4-19(22)25/h2-9,14H,10-13,15H2,1H3/t31-/m1/s1. The van der Waals surface area contributed by atoms with E-state index in [1.165, 1.54) is 0 Å². The van der Waals surface area contributed by atoms with Crippen LogP contribution >= 0.6 is 23.2 Å². The van der Waals surface area contributed by atoms with Crippen LogP contribution in [-0.4, -0.2) is 41.2 Å². The highest BCUT2D eigenvalue weighted by molar-refractivity contribution is 7.84. The van der Waals surface area contributed by atoms with Crippen LogP contribution in [0.4, 0.5) is 5.69 Å². The number of hydrogen-bond donors (Lipinski definition) is 0. The van der Waals surface area contributed by atoms with Gasteiger partial charge < -0.3 is 14.2 Å². The lowest BCUT2D eigenvalue weighted by molar-refractivity contribution is 0.0713. The van der Waals surface area contributed by atoms with Crippen molar-refractivity contribution in [1.82, 2.24) is 4.90 Å². The Labute approximate surface area is 194 Å². The van der Waals surface area contributed by atoms with E-state index in [1.807, 2.05) is 18.2 Å². The van der Waals surface area contributed by atoms with Crippen molar-refractivity contribution in [2.45, 2.75) is 17.6 Å². The van der Waals surface area contributed by atoms with Crippen molar-refractivity contribution >= 4 is 45.6 Å². The Hall–Kier alpha value is -2.28. The van der Waals surface area contributed by atoms with Gasteiger partial charge in [0.15, 0.2) is 5.76 Å². The lowest BCUT2D eigenvalue weighted by Crippen LogP contribution is -2.48. The van der Waals surface area contributed by atoms with E-state index in [1.54, 1.807) is 41.3 Å². The van der Waals surface area contributed by atoms with Gasteiger partial charge in [-0.15, -0.1) is 0 Å². The highest BCUT2D eigenvalue weighted by atomic mass is 35.5. The minimum absolute atomic E-state index is 0.155. The molecule has 1 aromatic heterocycles. The van der Waals surface area contributed by atoms with Gasteiger partial charge >= 0.3 is 0 Å². The maximum atomic E-state index is 12.9. The summed E-state index contributed by atoms with van der Waals surface area (Å²) < 4.78 is 18.3. The molecule has 4 rings (SSSR count). The molecular formula is C23H22Cl2N2O3S. The van der Waals surface area contributed by atoms with Gasteiger partial charge in [-0.1, -0.05) is 41.4 Å². The molecule has 1 saturated heterocycles. The molecule has 1 aliphatic heterocycles. The third kappa shape index (κ3) is 4.97. The summed E-state index contributed by atoms with van der Waals surface area (Å²) in [6.45, 7) is 4.67. The molecule has 0 N–H and O–H groups in total. The molecule has 8 heteroatoms. The maximum Gasteiger partial charge on any atom is 0.289 e. The smallest absolute Gasteiger partial charge is 0.289 e. The average molecular weight is 477 g/mol. The Morgan fingerprint density at radius 2 is 1.77 bits per heavy atom. The Bertz CT molecular complexity index is 1120. The van der Waals surface area contributed by atoms with E-state index >= 15 is 0 Å². The molecule has 0 aliphatic carbocycles. The topological polar surface area (TPSA) is 53.8 Å². The second-order valence-electron chi connectivity index (χ2n) is 7.40. The fourth-order valence-electron chi connectivity index (χ4n) is 3.64. The van der Waals surface area contributed by atoms with Gasteiger partial charge in [-0.05, 0) is 48.9 Å². The summed E-state index contributed by atoms with van der Waals surface area (Å²) in [5, 5.41) is 1.16. The summed E-state index contributed by atoms with van der Waals surface area (Å²) in [5.74, 6) is 0.768. The van der Waals surface area contributed by atoms with Crippen LogP contribution in [0.1, 0.15) is 21.9 Å². The third-order valence-corrected chi connectivity index (χ3v) is 7.38. The van der Waals surface area contributed by atoms with Crippen LogP contribution in [0.15, 0.2) is 63.9 Å². The van der Waals surface area contributed by atoms with Gasteiger partial charge in [-0.2, -0.15) is 0 Å². The first kappa shape index (κ1) is 21.9. The van der Waals surface area contributed by atoms with Crippen molar-refractivity contribution in [3.8, 4) is 0 Å². The van der Waals surface area contributed by atoms with Crippen molar-refractivity contribution in [3.05, 3.63) is 81.7 Å². The number of amides is 1. The number of carbonyl (C=O) groups excluding carboxylic acids is 1. The summed E-state index contributed by atoms with van der Waals surface area (Å²) in [4.78, 5) is 17.5. The van der Waals surface area contributed by atoms with E-state index in [0.717, 1.165) is 24.3 Å². The lowest BCUT2D eigenvalue weighted by atomic mass is 10.1. The Morgan fingerprint density at radius 1 is 1.03 bits per heavy atom. The van der Waals surface area contributed by atoms with E-state index < -0.39 is 10.8 Å². The van der Waals surface area contributed by atoms with Crippen molar-refractivity contribution in [2.75, 3.05) is 31.1 Å². The molecule has 1 amide bonds. The molecule has 0 saturated carbocycles. The molecule has 1 aliphatic rings. The molecular weight excluding hydrogens is 455 g/mol. The van der Waals surface area contributed by atoms with Gasteiger partial charge in [0.1, 0.15) is 5.76 Å². The second kappa shape index (κ2) is 9.47. The summed E-state index contributed by atoms with van der Waals surface area (Å²) in [6.07, 6.45) is 0. The average Bonchev–Trinajstić information content (AvgIpc) is 3.23. The number of furan rings is 1. The van der Waals surface area contributed by atoms with Crippen LogP contribution in [0.25, 0.3) is 0 Å². The van der Waals surface area contributed by atoms with Gasteiger partial charge in [-0.25, -0.2) is 0 Å². The van der Waals surface area contributed by atoms with Crippen molar-refractivity contribution in [3.63, 3.8) is 0 Å². The minimum Gasteiger partial charge on any atom is -0.455 e. The van der Waals surface area contributed by atoms with Crippen LogP contribution in [-0.2, 0) is 16.6 Å². The van der Waals surface area contributed by atoms with Crippen molar-refractivity contribution < 1.29 is 13.4 Å². The second-order valence-corrected chi connectivity index (χ2v) is 9.66. The fourth-order valence-corrected chi connectivity index (χ4v) is 5.28. The number of nitrogens with zero attached hydrogens (tertiary/aromatic N) is 2. The first-order valence-corrected chi connectivity index (χ1v) is 12.0. The van der Waals surface area contributed by atoms with Crippen LogP contribution in [0, 0.1) is 6.92 Å². The molecule has 2 heterocycles. The molecule has 1 atom stereocenters. The SMILES string of the molecule is Cc1ccc(Cl)cc1N1CCN(C(=O)c2ccc(C[S@@](=O)c3ccccc3Cl)o2)CC1. The highest BCUT2D eigenvalue weighted by Gasteiger charge is 2.25. The predicted molar refractivity (Wildman–Crippen MR) is 125 cm³/mol. The number of anilines is 1. The molecule has 0 spiro atoms. The summed E-state index contributed by atoms with van der Waals surface area (Å²) in [7, 11) is -1.35. The van der Waals surface area contributed by atoms with Crippen LogP contribution in [0.3, 0.4) is 0 Å². The van der Waals surface area contributed by atoms with Crippen molar-refractivity contribution in [1.29, 1.82) is 0 Å². The highest BCUT2D eigenvalue weighted by Crippen LogP contribution is 2.26. The van der Waals surface area contributed by atoms with E-state index in [2.05, 4.69) is 11.8 Å². The van der Waals surface area contributed by atoms with Crippen LogP contribution in [0.5, 0.6) is 0 Å². The first-order valence-electron chi connectivity index (χ1n) is 9.94. The third-order valence-electron chi connectivity index (χ3n) is 5.31. The van der Waals surface area contributed by atoms with E-state index in [9.17, 15) is 9.00 Å². The monoisotopic (exact) mass is 476 g/mol. The lowest BCUT2D eigenvalue weighted by Gasteiger charge is -2.36. The summed E-state index contributed by atoms with van der Waals surface area (Å²) in [5.41, 5.74) is 2.26. The predicted octanol–water partition coefficient (Wildman–Crippen LogP) is 5.17. The zero-order chi connectivity index (χ0) is 22.0. The number of piperazine rings is 1. The van der Waals surface area contributed by atoms with Gasteiger partial charge in [0.25, 0.3) is 5.91 Å². The Kier molecular flexibility index (Phi) is 6.70. The van der Waals surface area contributed by atoms with E-state index in [0.29, 0.717) is 33.8 Å². The van der Waals surface area contributed by atoms with Gasteiger partial charge in [0.05, 0.1) is 26.5 Å². The fraction of sp³-hybridized carbons (Fsp3) is 0.261. The number of halogens is 2.